The molecule has 0 saturated carbocycles. The second kappa shape index (κ2) is 8.39. The molecule has 1 aromatic carbocycles. The zero-order valence-corrected chi connectivity index (χ0v) is 16.9. The van der Waals surface area contributed by atoms with E-state index in [4.69, 9.17) is 10.2 Å². The van der Waals surface area contributed by atoms with Crippen LogP contribution in [-0.4, -0.2) is 50.7 Å². The maximum Gasteiger partial charge on any atom is 0.247 e. The molecule has 0 bridgehead atoms. The fraction of sp³-hybridized carbons (Fsp3) is 0.286. The smallest absolute Gasteiger partial charge is 0.247 e. The van der Waals surface area contributed by atoms with Crippen LogP contribution in [0.3, 0.4) is 0 Å². The van der Waals surface area contributed by atoms with E-state index < -0.39 is 12.2 Å². The van der Waals surface area contributed by atoms with Gasteiger partial charge in [0.05, 0.1) is 35.0 Å². The van der Waals surface area contributed by atoms with Crippen LogP contribution < -0.4 is 15.5 Å². The Hall–Kier alpha value is -4.00. The monoisotopic (exact) mass is 420 g/mol. The molecule has 2 N–H and O–H groups in total. The lowest BCUT2D eigenvalue weighted by Crippen LogP contribution is -2.49. The van der Waals surface area contributed by atoms with Crippen LogP contribution in [0.2, 0.25) is 0 Å². The summed E-state index contributed by atoms with van der Waals surface area (Å²) in [5, 5.41) is 14.6. The van der Waals surface area contributed by atoms with Gasteiger partial charge in [-0.1, -0.05) is 6.58 Å². The van der Waals surface area contributed by atoms with E-state index in [0.717, 1.165) is 11.0 Å². The molecular formula is C21H21FN8O. The number of alkyl halides is 1. The Morgan fingerprint density at radius 1 is 1.39 bits per heavy atom. The predicted octanol–water partition coefficient (Wildman–Crippen LogP) is 2.39. The zero-order valence-electron chi connectivity index (χ0n) is 16.9. The van der Waals surface area contributed by atoms with Crippen LogP contribution >= 0.6 is 0 Å². The van der Waals surface area contributed by atoms with Crippen molar-refractivity contribution in [3.05, 3.63) is 48.8 Å². The Morgan fingerprint density at radius 2 is 2.16 bits per heavy atom. The maximum atomic E-state index is 14.6. The second-order valence-corrected chi connectivity index (χ2v) is 7.28. The Balaban J connectivity index is 1.55. The summed E-state index contributed by atoms with van der Waals surface area (Å²) in [6.07, 6.45) is 3.28. The summed E-state index contributed by atoms with van der Waals surface area (Å²) in [4.78, 5) is 26.4. The van der Waals surface area contributed by atoms with Crippen molar-refractivity contribution >= 4 is 34.5 Å². The quantitative estimate of drug-likeness (QED) is 0.610. The largest absolute Gasteiger partial charge is 0.347 e. The number of hydrogen-bond acceptors (Lipinski definition) is 7. The van der Waals surface area contributed by atoms with E-state index >= 15 is 0 Å². The number of hydrogen-bond donors (Lipinski definition) is 2. The summed E-state index contributed by atoms with van der Waals surface area (Å²) in [6.45, 7) is 4.35. The van der Waals surface area contributed by atoms with Crippen LogP contribution in [0.25, 0.3) is 11.0 Å². The number of imidazole rings is 1. The Labute approximate surface area is 178 Å². The third-order valence-corrected chi connectivity index (χ3v) is 5.22. The third kappa shape index (κ3) is 4.16. The number of carbonyl (C=O) groups is 1. The Morgan fingerprint density at radius 3 is 2.87 bits per heavy atom. The minimum absolute atomic E-state index is 0.279. The number of rotatable bonds is 5. The van der Waals surface area contributed by atoms with Crippen molar-refractivity contribution < 1.29 is 9.18 Å². The van der Waals surface area contributed by atoms with Gasteiger partial charge >= 0.3 is 0 Å². The number of nitrogens with one attached hydrogen (secondary N) is 2. The molecule has 4 rings (SSSR count). The molecule has 1 aliphatic heterocycles. The van der Waals surface area contributed by atoms with Crippen molar-refractivity contribution in [3.8, 4) is 6.07 Å². The van der Waals surface area contributed by atoms with Crippen LogP contribution in [0.5, 0.6) is 0 Å². The number of aryl methyl sites for hydroxylation is 1. The fourth-order valence-corrected chi connectivity index (χ4v) is 3.61. The van der Waals surface area contributed by atoms with Gasteiger partial charge in [0.1, 0.15) is 12.2 Å². The molecule has 0 radical (unpaired) electrons. The van der Waals surface area contributed by atoms with Gasteiger partial charge in [0.2, 0.25) is 17.8 Å². The van der Waals surface area contributed by atoms with E-state index in [1.165, 1.54) is 18.5 Å². The molecule has 1 fully saturated rings. The van der Waals surface area contributed by atoms with E-state index in [1.54, 1.807) is 12.1 Å². The summed E-state index contributed by atoms with van der Waals surface area (Å²) in [7, 11) is 1.90. The number of halogens is 1. The van der Waals surface area contributed by atoms with Gasteiger partial charge in [-0.3, -0.25) is 4.79 Å². The van der Waals surface area contributed by atoms with Crippen molar-refractivity contribution in [2.24, 2.45) is 7.05 Å². The lowest BCUT2D eigenvalue weighted by atomic mass is 10.0. The molecule has 158 valence electrons. The van der Waals surface area contributed by atoms with Crippen molar-refractivity contribution in [2.75, 3.05) is 28.6 Å². The third-order valence-electron chi connectivity index (χ3n) is 5.22. The average Bonchev–Trinajstić information content (AvgIpc) is 3.11. The molecule has 2 atom stereocenters. The van der Waals surface area contributed by atoms with Gasteiger partial charge in [-0.15, -0.1) is 0 Å². The van der Waals surface area contributed by atoms with Crippen molar-refractivity contribution in [1.82, 2.24) is 19.5 Å². The molecule has 1 amide bonds. The van der Waals surface area contributed by atoms with Crippen molar-refractivity contribution in [3.63, 3.8) is 0 Å². The Kier molecular flexibility index (Phi) is 5.49. The highest BCUT2D eigenvalue weighted by Gasteiger charge is 2.31. The average molecular weight is 420 g/mol. The molecule has 3 heterocycles. The molecule has 0 unspecified atom stereocenters. The highest BCUT2D eigenvalue weighted by Crippen LogP contribution is 2.27. The molecule has 31 heavy (non-hydrogen) atoms. The molecule has 10 heteroatoms. The molecule has 1 aliphatic rings. The highest BCUT2D eigenvalue weighted by atomic mass is 19.1. The lowest BCUT2D eigenvalue weighted by Gasteiger charge is -2.35. The van der Waals surface area contributed by atoms with Crippen LogP contribution in [0.1, 0.15) is 12.0 Å². The highest BCUT2D eigenvalue weighted by molar-refractivity contribution is 6.00. The second-order valence-electron chi connectivity index (χ2n) is 7.28. The van der Waals surface area contributed by atoms with Gasteiger partial charge in [-0.05, 0) is 30.7 Å². The topological polar surface area (TPSA) is 112 Å². The number of aromatic nitrogens is 4. The van der Waals surface area contributed by atoms with Gasteiger partial charge in [0, 0.05) is 25.8 Å². The minimum Gasteiger partial charge on any atom is -0.347 e. The van der Waals surface area contributed by atoms with Crippen LogP contribution in [0, 0.1) is 11.3 Å². The number of piperidine rings is 1. The number of nitriles is 1. The standard InChI is InChI=1S/C21H21FN8O/c1-3-19(31)26-14-4-5-18-16(8-14)28-21(29(18)2)30-7-6-15(22)17(12-30)27-20-24-10-13(9-23)11-25-20/h3-5,8,10-11,15,17H,1,6-7,12H2,2H3,(H,26,31)(H,24,25,27)/t15-,17-/m0/s1. The van der Waals surface area contributed by atoms with E-state index in [0.29, 0.717) is 36.7 Å². The lowest BCUT2D eigenvalue weighted by molar-refractivity contribution is -0.111. The number of carbonyl (C=O) groups excluding carboxylic acids is 1. The summed E-state index contributed by atoms with van der Waals surface area (Å²) in [5.74, 6) is 0.696. The number of benzene rings is 1. The summed E-state index contributed by atoms with van der Waals surface area (Å²) < 4.78 is 16.6. The number of amides is 1. The first-order chi connectivity index (χ1) is 15.0. The first-order valence-electron chi connectivity index (χ1n) is 9.76. The zero-order chi connectivity index (χ0) is 22.0. The molecule has 1 saturated heterocycles. The predicted molar refractivity (Wildman–Crippen MR) is 115 cm³/mol. The number of anilines is 3. The molecule has 0 aliphatic carbocycles. The van der Waals surface area contributed by atoms with Crippen LogP contribution in [0.4, 0.5) is 22.0 Å². The number of nitrogens with zero attached hydrogens (tertiary/aromatic N) is 6. The summed E-state index contributed by atoms with van der Waals surface area (Å²) >= 11 is 0. The van der Waals surface area contributed by atoms with Crippen LogP contribution in [0.15, 0.2) is 43.2 Å². The van der Waals surface area contributed by atoms with Gasteiger partial charge in [-0.25, -0.2) is 19.3 Å². The van der Waals surface area contributed by atoms with Gasteiger partial charge in [0.15, 0.2) is 0 Å². The van der Waals surface area contributed by atoms with E-state index in [9.17, 15) is 9.18 Å². The SMILES string of the molecule is C=CC(=O)Nc1ccc2c(c1)nc(N1CC[C@H](F)[C@@H](Nc3ncc(C#N)cn3)C1)n2C. The summed E-state index contributed by atoms with van der Waals surface area (Å²) in [6, 6.07) is 6.91. The Bertz CT molecular complexity index is 1170. The van der Waals surface area contributed by atoms with Crippen molar-refractivity contribution in [2.45, 2.75) is 18.6 Å². The normalized spacial score (nSPS) is 18.4. The van der Waals surface area contributed by atoms with Gasteiger partial charge in [0.25, 0.3) is 0 Å². The molecule has 3 aromatic rings. The fourth-order valence-electron chi connectivity index (χ4n) is 3.61. The molecular weight excluding hydrogens is 399 g/mol. The van der Waals surface area contributed by atoms with Gasteiger partial charge < -0.3 is 20.1 Å². The van der Waals surface area contributed by atoms with Gasteiger partial charge in [-0.2, -0.15) is 5.26 Å². The molecule has 2 aromatic heterocycles. The first-order valence-corrected chi connectivity index (χ1v) is 9.76. The first kappa shape index (κ1) is 20.3. The minimum atomic E-state index is -1.06. The molecule has 9 nitrogen and oxygen atoms in total. The maximum absolute atomic E-state index is 14.6. The molecule has 0 spiro atoms. The van der Waals surface area contributed by atoms with Crippen molar-refractivity contribution in [1.29, 1.82) is 5.26 Å². The summed E-state index contributed by atoms with van der Waals surface area (Å²) in [5.41, 5.74) is 2.59. The van der Waals surface area contributed by atoms with E-state index in [-0.39, 0.29) is 11.9 Å². The van der Waals surface area contributed by atoms with E-state index in [2.05, 4.69) is 27.2 Å². The van der Waals surface area contributed by atoms with E-state index in [1.807, 2.05) is 28.7 Å². The van der Waals surface area contributed by atoms with Crippen LogP contribution in [-0.2, 0) is 11.8 Å². The number of fused-ring (bicyclic) bond motifs is 1.